The van der Waals surface area contributed by atoms with Crippen LogP contribution in [0.1, 0.15) is 6.92 Å². The summed E-state index contributed by atoms with van der Waals surface area (Å²) < 4.78 is 5.18. The first-order valence-electron chi connectivity index (χ1n) is 3.91. The maximum absolute atomic E-state index is 10.5. The number of hydrogen-bond donors (Lipinski definition) is 2. The highest BCUT2D eigenvalue weighted by Gasteiger charge is 1.93. The zero-order chi connectivity index (χ0) is 9.68. The average molecular weight is 180 g/mol. The highest BCUT2D eigenvalue weighted by molar-refractivity contribution is 5.72. The van der Waals surface area contributed by atoms with Crippen molar-refractivity contribution in [2.75, 3.05) is 12.5 Å². The molecule has 0 unspecified atom stereocenters. The van der Waals surface area contributed by atoms with Gasteiger partial charge in [-0.15, -0.1) is 0 Å². The zero-order valence-corrected chi connectivity index (χ0v) is 7.41. The molecule has 1 aromatic rings. The van der Waals surface area contributed by atoms with Gasteiger partial charge in [-0.2, -0.15) is 0 Å². The van der Waals surface area contributed by atoms with E-state index in [9.17, 15) is 4.79 Å². The van der Waals surface area contributed by atoms with Crippen LogP contribution in [0.3, 0.4) is 0 Å². The molecule has 13 heavy (non-hydrogen) atoms. The minimum atomic E-state index is -0.115. The first-order chi connectivity index (χ1) is 6.18. The van der Waals surface area contributed by atoms with E-state index < -0.39 is 0 Å². The molecule has 70 valence electrons. The molecule has 1 amide bonds. The second-order valence-corrected chi connectivity index (χ2v) is 2.59. The van der Waals surface area contributed by atoms with Gasteiger partial charge in [0.2, 0.25) is 5.91 Å². The van der Waals surface area contributed by atoms with Crippen molar-refractivity contribution < 1.29 is 9.53 Å². The van der Waals surface area contributed by atoms with Crippen molar-refractivity contribution >= 4 is 11.6 Å². The Morgan fingerprint density at radius 3 is 2.62 bits per heavy atom. The summed E-state index contributed by atoms with van der Waals surface area (Å²) >= 11 is 0. The average Bonchev–Trinajstić information content (AvgIpc) is 2.08. The maximum atomic E-state index is 10.5. The molecule has 1 rings (SSSR count). The lowest BCUT2D eigenvalue weighted by molar-refractivity contribution is -0.119. The number of amides is 1. The summed E-state index contributed by atoms with van der Waals surface area (Å²) in [6.07, 6.45) is 0. The van der Waals surface area contributed by atoms with Gasteiger partial charge in [-0.25, -0.2) is 0 Å². The van der Waals surface area contributed by atoms with Gasteiger partial charge in [-0.3, -0.25) is 4.79 Å². The highest BCUT2D eigenvalue weighted by Crippen LogP contribution is 2.12. The van der Waals surface area contributed by atoms with Crippen molar-refractivity contribution in [2.45, 2.75) is 6.92 Å². The summed E-state index contributed by atoms with van der Waals surface area (Å²) in [4.78, 5) is 10.5. The van der Waals surface area contributed by atoms with E-state index in [1.165, 1.54) is 6.92 Å². The Balaban J connectivity index is 2.37. The van der Waals surface area contributed by atoms with Gasteiger partial charge in [-0.05, 0) is 24.3 Å². The summed E-state index contributed by atoms with van der Waals surface area (Å²) in [5, 5.41) is 2.52. The topological polar surface area (TPSA) is 64.3 Å². The summed E-state index contributed by atoms with van der Waals surface area (Å²) in [6, 6.07) is 6.97. The maximum Gasteiger partial charge on any atom is 0.219 e. The monoisotopic (exact) mass is 180 g/mol. The van der Waals surface area contributed by atoms with Crippen molar-refractivity contribution in [1.29, 1.82) is 0 Å². The minimum Gasteiger partial charge on any atom is -0.473 e. The number of benzene rings is 1. The molecule has 0 saturated carbocycles. The molecule has 0 aliphatic rings. The van der Waals surface area contributed by atoms with E-state index in [1.807, 2.05) is 0 Å². The summed E-state index contributed by atoms with van der Waals surface area (Å²) in [5.74, 6) is 0.568. The van der Waals surface area contributed by atoms with Gasteiger partial charge in [0, 0.05) is 12.6 Å². The molecule has 4 heteroatoms. The standard InChI is InChI=1S/C9H12N2O2/c1-7(12)11-6-13-9-4-2-8(10)3-5-9/h2-5H,6,10H2,1H3,(H,11,12). The molecule has 1 aromatic carbocycles. The van der Waals surface area contributed by atoms with Crippen LogP contribution in [0, 0.1) is 0 Å². The first-order valence-corrected chi connectivity index (χ1v) is 3.91. The molecular formula is C9H12N2O2. The van der Waals surface area contributed by atoms with Crippen molar-refractivity contribution in [3.05, 3.63) is 24.3 Å². The number of ether oxygens (including phenoxy) is 1. The molecule has 0 aliphatic carbocycles. The van der Waals surface area contributed by atoms with Crippen LogP contribution >= 0.6 is 0 Å². The third-order valence-electron chi connectivity index (χ3n) is 1.44. The fraction of sp³-hybridized carbons (Fsp3) is 0.222. The van der Waals surface area contributed by atoms with Crippen LogP contribution in [0.15, 0.2) is 24.3 Å². The van der Waals surface area contributed by atoms with Gasteiger partial charge in [-0.1, -0.05) is 0 Å². The Hall–Kier alpha value is -1.71. The molecule has 0 bridgehead atoms. The third kappa shape index (κ3) is 3.46. The molecule has 0 radical (unpaired) electrons. The van der Waals surface area contributed by atoms with Crippen molar-refractivity contribution in [3.63, 3.8) is 0 Å². The lowest BCUT2D eigenvalue weighted by Gasteiger charge is -2.05. The van der Waals surface area contributed by atoms with Gasteiger partial charge in [0.05, 0.1) is 0 Å². The summed E-state index contributed by atoms with van der Waals surface area (Å²) in [6.45, 7) is 1.62. The first kappa shape index (κ1) is 9.38. The number of rotatable bonds is 3. The van der Waals surface area contributed by atoms with E-state index in [4.69, 9.17) is 10.5 Å². The Kier molecular flexibility index (Phi) is 3.14. The molecule has 0 saturated heterocycles. The van der Waals surface area contributed by atoms with E-state index in [2.05, 4.69) is 5.32 Å². The van der Waals surface area contributed by atoms with E-state index in [1.54, 1.807) is 24.3 Å². The van der Waals surface area contributed by atoms with E-state index >= 15 is 0 Å². The number of carbonyl (C=O) groups is 1. The van der Waals surface area contributed by atoms with Crippen molar-refractivity contribution in [1.82, 2.24) is 5.32 Å². The SMILES string of the molecule is CC(=O)NCOc1ccc(N)cc1. The summed E-state index contributed by atoms with van der Waals surface area (Å²) in [7, 11) is 0. The highest BCUT2D eigenvalue weighted by atomic mass is 16.5. The number of hydrogen-bond acceptors (Lipinski definition) is 3. The third-order valence-corrected chi connectivity index (χ3v) is 1.44. The molecule has 0 spiro atoms. The number of nitrogens with two attached hydrogens (primary N) is 1. The second-order valence-electron chi connectivity index (χ2n) is 2.59. The lowest BCUT2D eigenvalue weighted by Crippen LogP contribution is -2.24. The zero-order valence-electron chi connectivity index (χ0n) is 7.41. The molecular weight excluding hydrogens is 168 g/mol. The van der Waals surface area contributed by atoms with Crippen LogP contribution in [0.25, 0.3) is 0 Å². The van der Waals surface area contributed by atoms with E-state index in [0.717, 1.165) is 0 Å². The fourth-order valence-electron chi connectivity index (χ4n) is 0.785. The lowest BCUT2D eigenvalue weighted by atomic mass is 10.3. The predicted octanol–water partition coefficient (Wildman–Crippen LogP) is 0.741. The smallest absolute Gasteiger partial charge is 0.219 e. The normalized spacial score (nSPS) is 9.31. The fourth-order valence-corrected chi connectivity index (χ4v) is 0.785. The Bertz CT molecular complexity index is 282. The molecule has 3 N–H and O–H groups in total. The van der Waals surface area contributed by atoms with Crippen LogP contribution in [0.2, 0.25) is 0 Å². The van der Waals surface area contributed by atoms with Crippen LogP contribution in [0.4, 0.5) is 5.69 Å². The number of carbonyl (C=O) groups excluding carboxylic acids is 1. The number of anilines is 1. The van der Waals surface area contributed by atoms with E-state index in [0.29, 0.717) is 11.4 Å². The molecule has 0 aliphatic heterocycles. The second kappa shape index (κ2) is 4.35. The van der Waals surface area contributed by atoms with Crippen LogP contribution in [-0.4, -0.2) is 12.6 Å². The number of nitrogens with one attached hydrogen (secondary N) is 1. The largest absolute Gasteiger partial charge is 0.473 e. The van der Waals surface area contributed by atoms with Crippen molar-refractivity contribution in [2.24, 2.45) is 0 Å². The molecule has 0 fully saturated rings. The number of nitrogen functional groups attached to an aromatic ring is 1. The Morgan fingerprint density at radius 1 is 1.46 bits per heavy atom. The van der Waals surface area contributed by atoms with Gasteiger partial charge in [0.1, 0.15) is 5.75 Å². The van der Waals surface area contributed by atoms with Gasteiger partial charge >= 0.3 is 0 Å². The molecule has 0 aromatic heterocycles. The minimum absolute atomic E-state index is 0.115. The molecule has 0 atom stereocenters. The van der Waals surface area contributed by atoms with E-state index in [-0.39, 0.29) is 12.6 Å². The Morgan fingerprint density at radius 2 is 2.08 bits per heavy atom. The van der Waals surface area contributed by atoms with Crippen LogP contribution in [0.5, 0.6) is 5.75 Å². The Labute approximate surface area is 76.7 Å². The quantitative estimate of drug-likeness (QED) is 0.532. The van der Waals surface area contributed by atoms with Gasteiger partial charge in [0.25, 0.3) is 0 Å². The van der Waals surface area contributed by atoms with Gasteiger partial charge in [0.15, 0.2) is 6.73 Å². The predicted molar refractivity (Wildman–Crippen MR) is 50.2 cm³/mol. The molecule has 0 heterocycles. The van der Waals surface area contributed by atoms with Crippen LogP contribution in [-0.2, 0) is 4.79 Å². The van der Waals surface area contributed by atoms with Gasteiger partial charge < -0.3 is 15.8 Å². The van der Waals surface area contributed by atoms with Crippen molar-refractivity contribution in [3.8, 4) is 5.75 Å². The molecule has 4 nitrogen and oxygen atoms in total. The van der Waals surface area contributed by atoms with Crippen LogP contribution < -0.4 is 15.8 Å². The summed E-state index contributed by atoms with van der Waals surface area (Å²) in [5.41, 5.74) is 6.17.